The van der Waals surface area contributed by atoms with E-state index in [0.717, 1.165) is 12.8 Å². The van der Waals surface area contributed by atoms with Gasteiger partial charge in [0.1, 0.15) is 0 Å². The smallest absolute Gasteiger partial charge is 0.254 e. The molecule has 0 saturated heterocycles. The van der Waals surface area contributed by atoms with Crippen LogP contribution in [-0.4, -0.2) is 29.3 Å². The number of carbonyl (C=O) groups is 1. The molecule has 0 atom stereocenters. The third-order valence-electron chi connectivity index (χ3n) is 3.77. The molecule has 110 valence electrons. The molecule has 0 bridgehead atoms. The van der Waals surface area contributed by atoms with Crippen molar-refractivity contribution in [1.29, 1.82) is 0 Å². The first kappa shape index (κ1) is 15.9. The second kappa shape index (κ2) is 7.53. The fourth-order valence-electron chi connectivity index (χ4n) is 2.73. The van der Waals surface area contributed by atoms with E-state index in [1.165, 1.54) is 19.3 Å². The lowest BCUT2D eigenvalue weighted by atomic mass is 9.93. The van der Waals surface area contributed by atoms with Crippen LogP contribution < -0.4 is 0 Å². The predicted molar refractivity (Wildman–Crippen MR) is 85.1 cm³/mol. The zero-order valence-corrected chi connectivity index (χ0v) is 13.5. The van der Waals surface area contributed by atoms with Crippen LogP contribution in [0.15, 0.2) is 18.2 Å². The van der Waals surface area contributed by atoms with Gasteiger partial charge in [-0.05, 0) is 31.0 Å². The van der Waals surface area contributed by atoms with Gasteiger partial charge in [-0.2, -0.15) is 0 Å². The van der Waals surface area contributed by atoms with Gasteiger partial charge < -0.3 is 4.90 Å². The average Bonchev–Trinajstić information content (AvgIpc) is 2.48. The molecule has 1 amide bonds. The van der Waals surface area contributed by atoms with Crippen molar-refractivity contribution in [3.63, 3.8) is 0 Å². The summed E-state index contributed by atoms with van der Waals surface area (Å²) in [5.41, 5.74) is 0.579. The van der Waals surface area contributed by atoms with E-state index in [-0.39, 0.29) is 5.91 Å². The van der Waals surface area contributed by atoms with Gasteiger partial charge in [0.05, 0.1) is 10.0 Å². The van der Waals surface area contributed by atoms with Gasteiger partial charge >= 0.3 is 0 Å². The van der Waals surface area contributed by atoms with Crippen molar-refractivity contribution in [2.45, 2.75) is 38.1 Å². The molecule has 0 spiro atoms. The molecule has 0 heterocycles. The molecule has 1 fully saturated rings. The molecule has 2 rings (SSSR count). The minimum absolute atomic E-state index is 0.00360. The van der Waals surface area contributed by atoms with E-state index in [2.05, 4.69) is 0 Å². The lowest BCUT2D eigenvalue weighted by Gasteiger charge is -2.34. The molecule has 1 aromatic rings. The summed E-state index contributed by atoms with van der Waals surface area (Å²) in [5.74, 6) is 0.444. The molecule has 1 aliphatic carbocycles. The molecule has 0 N–H and O–H groups in total. The largest absolute Gasteiger partial charge is 0.334 e. The maximum absolute atomic E-state index is 12.7. The van der Waals surface area contributed by atoms with Crippen molar-refractivity contribution in [2.24, 2.45) is 0 Å². The SMILES string of the molecule is O=C(c1ccc(Cl)c(Cl)c1)N(CCCl)C1CCCCC1. The van der Waals surface area contributed by atoms with Crippen LogP contribution in [0.5, 0.6) is 0 Å². The Bertz CT molecular complexity index is 472. The first-order valence-corrected chi connectivity index (χ1v) is 8.24. The van der Waals surface area contributed by atoms with Crippen molar-refractivity contribution >= 4 is 40.7 Å². The van der Waals surface area contributed by atoms with Crippen LogP contribution >= 0.6 is 34.8 Å². The van der Waals surface area contributed by atoms with Gasteiger partial charge in [-0.15, -0.1) is 11.6 Å². The average molecular weight is 335 g/mol. The Morgan fingerprint density at radius 3 is 2.45 bits per heavy atom. The summed E-state index contributed by atoms with van der Waals surface area (Å²) >= 11 is 17.8. The van der Waals surface area contributed by atoms with Crippen LogP contribution in [0.3, 0.4) is 0 Å². The van der Waals surface area contributed by atoms with E-state index in [1.807, 2.05) is 4.90 Å². The molecule has 0 aromatic heterocycles. The van der Waals surface area contributed by atoms with Crippen molar-refractivity contribution in [3.8, 4) is 0 Å². The van der Waals surface area contributed by atoms with Gasteiger partial charge in [0.15, 0.2) is 0 Å². The normalized spacial score (nSPS) is 16.1. The highest BCUT2D eigenvalue weighted by molar-refractivity contribution is 6.42. The number of hydrogen-bond donors (Lipinski definition) is 0. The summed E-state index contributed by atoms with van der Waals surface area (Å²) in [6.45, 7) is 0.575. The number of hydrogen-bond acceptors (Lipinski definition) is 1. The van der Waals surface area contributed by atoms with E-state index in [9.17, 15) is 4.79 Å². The van der Waals surface area contributed by atoms with Crippen molar-refractivity contribution in [3.05, 3.63) is 33.8 Å². The standard InChI is InChI=1S/C15H18Cl3NO/c16-8-9-19(12-4-2-1-3-5-12)15(20)11-6-7-13(17)14(18)10-11/h6-7,10,12H,1-5,8-9H2. The molecular formula is C15H18Cl3NO. The number of alkyl halides is 1. The van der Waals surface area contributed by atoms with Crippen LogP contribution in [0.25, 0.3) is 0 Å². The third kappa shape index (κ3) is 3.81. The molecule has 5 heteroatoms. The zero-order chi connectivity index (χ0) is 14.5. The summed E-state index contributed by atoms with van der Waals surface area (Å²) in [5, 5.41) is 0.872. The molecule has 2 nitrogen and oxygen atoms in total. The van der Waals surface area contributed by atoms with Crippen LogP contribution in [0.1, 0.15) is 42.5 Å². The predicted octanol–water partition coefficient (Wildman–Crippen LogP) is 5.01. The zero-order valence-electron chi connectivity index (χ0n) is 11.2. The van der Waals surface area contributed by atoms with Gasteiger partial charge in [0, 0.05) is 24.0 Å². The van der Waals surface area contributed by atoms with Crippen molar-refractivity contribution < 1.29 is 4.79 Å². The van der Waals surface area contributed by atoms with Crippen molar-refractivity contribution in [1.82, 2.24) is 4.90 Å². The summed E-state index contributed by atoms with van der Waals surface area (Å²) in [4.78, 5) is 14.6. The third-order valence-corrected chi connectivity index (χ3v) is 4.68. The molecule has 1 aromatic carbocycles. The Morgan fingerprint density at radius 1 is 1.15 bits per heavy atom. The first-order valence-electron chi connectivity index (χ1n) is 6.95. The number of nitrogens with zero attached hydrogens (tertiary/aromatic N) is 1. The van der Waals surface area contributed by atoms with Crippen LogP contribution in [0.2, 0.25) is 10.0 Å². The Kier molecular flexibility index (Phi) is 6.01. The molecule has 0 unspecified atom stereocenters. The van der Waals surface area contributed by atoms with E-state index >= 15 is 0 Å². The van der Waals surface area contributed by atoms with E-state index in [1.54, 1.807) is 18.2 Å². The lowest BCUT2D eigenvalue weighted by molar-refractivity contribution is 0.0649. The number of carbonyl (C=O) groups excluding carboxylic acids is 1. The number of benzene rings is 1. The van der Waals surface area contributed by atoms with Gasteiger partial charge in [0.25, 0.3) is 5.91 Å². The van der Waals surface area contributed by atoms with Crippen LogP contribution in [0, 0.1) is 0 Å². The summed E-state index contributed by atoms with van der Waals surface area (Å²) in [6, 6.07) is 5.32. The monoisotopic (exact) mass is 333 g/mol. The maximum Gasteiger partial charge on any atom is 0.254 e. The lowest BCUT2D eigenvalue weighted by Crippen LogP contribution is -2.42. The summed E-state index contributed by atoms with van der Waals surface area (Å²) in [7, 11) is 0. The molecule has 0 aliphatic heterocycles. The maximum atomic E-state index is 12.7. The summed E-state index contributed by atoms with van der Waals surface area (Å²) < 4.78 is 0. The fourth-order valence-corrected chi connectivity index (χ4v) is 3.21. The molecule has 1 saturated carbocycles. The fraction of sp³-hybridized carbons (Fsp3) is 0.533. The Hall–Kier alpha value is -0.440. The Morgan fingerprint density at radius 2 is 1.85 bits per heavy atom. The molecule has 0 radical (unpaired) electrons. The number of amides is 1. The highest BCUT2D eigenvalue weighted by atomic mass is 35.5. The van der Waals surface area contributed by atoms with Crippen LogP contribution in [0.4, 0.5) is 0 Å². The van der Waals surface area contributed by atoms with Gasteiger partial charge in [0.2, 0.25) is 0 Å². The highest BCUT2D eigenvalue weighted by Gasteiger charge is 2.26. The molecule has 1 aliphatic rings. The quantitative estimate of drug-likeness (QED) is 0.709. The highest BCUT2D eigenvalue weighted by Crippen LogP contribution is 2.27. The number of halogens is 3. The molecule has 20 heavy (non-hydrogen) atoms. The topological polar surface area (TPSA) is 20.3 Å². The Labute approximate surface area is 135 Å². The van der Waals surface area contributed by atoms with Crippen LogP contribution in [-0.2, 0) is 0 Å². The minimum atomic E-state index is -0.00360. The van der Waals surface area contributed by atoms with E-state index < -0.39 is 0 Å². The number of rotatable bonds is 4. The van der Waals surface area contributed by atoms with Gasteiger partial charge in [-0.1, -0.05) is 42.5 Å². The molecular weight excluding hydrogens is 317 g/mol. The van der Waals surface area contributed by atoms with E-state index in [0.29, 0.717) is 34.1 Å². The second-order valence-electron chi connectivity index (χ2n) is 5.11. The van der Waals surface area contributed by atoms with E-state index in [4.69, 9.17) is 34.8 Å². The van der Waals surface area contributed by atoms with Gasteiger partial charge in [-0.3, -0.25) is 4.79 Å². The van der Waals surface area contributed by atoms with Crippen molar-refractivity contribution in [2.75, 3.05) is 12.4 Å². The first-order chi connectivity index (χ1) is 9.63. The second-order valence-corrected chi connectivity index (χ2v) is 6.30. The summed E-state index contributed by atoms with van der Waals surface area (Å²) in [6.07, 6.45) is 5.73. The van der Waals surface area contributed by atoms with Gasteiger partial charge in [-0.25, -0.2) is 0 Å². The minimum Gasteiger partial charge on any atom is -0.334 e. The Balaban J connectivity index is 2.18.